The number of rotatable bonds is 5. The van der Waals surface area contributed by atoms with Gasteiger partial charge in [-0.15, -0.1) is 0 Å². The Balaban J connectivity index is 2.36. The normalized spacial score (nSPS) is 10.5. The van der Waals surface area contributed by atoms with Crippen LogP contribution in [-0.2, 0) is 11.2 Å². The van der Waals surface area contributed by atoms with E-state index < -0.39 is 0 Å². The monoisotopic (exact) mass is 207 g/mol. The predicted octanol–water partition coefficient (Wildman–Crippen LogP) is 0.228. The molecular weight excluding hydrogens is 190 g/mol. The second-order valence-corrected chi connectivity index (χ2v) is 3.70. The van der Waals surface area contributed by atoms with Gasteiger partial charge in [-0.1, -0.05) is 12.1 Å². The van der Waals surface area contributed by atoms with E-state index in [0.717, 1.165) is 18.7 Å². The van der Waals surface area contributed by atoms with Crippen LogP contribution < -0.4 is 11.5 Å². The van der Waals surface area contributed by atoms with Gasteiger partial charge in [0.1, 0.15) is 0 Å². The highest BCUT2D eigenvalue weighted by atomic mass is 16.1. The van der Waals surface area contributed by atoms with Crippen molar-refractivity contribution in [2.75, 3.05) is 25.9 Å². The molecule has 0 aliphatic rings. The maximum Gasteiger partial charge on any atom is 0.231 e. The molecular formula is C11H17N3O. The molecule has 4 nitrogen and oxygen atoms in total. The maximum atomic E-state index is 10.6. The van der Waals surface area contributed by atoms with Crippen molar-refractivity contribution in [3.05, 3.63) is 29.8 Å². The van der Waals surface area contributed by atoms with Gasteiger partial charge in [-0.05, 0) is 31.2 Å². The Bertz CT molecular complexity index is 321. The first-order valence-electron chi connectivity index (χ1n) is 4.89. The van der Waals surface area contributed by atoms with Crippen molar-refractivity contribution in [2.24, 2.45) is 5.73 Å². The van der Waals surface area contributed by atoms with Gasteiger partial charge in [-0.3, -0.25) is 9.69 Å². The van der Waals surface area contributed by atoms with E-state index in [-0.39, 0.29) is 5.91 Å². The molecule has 0 saturated carbocycles. The molecule has 0 aromatic heterocycles. The highest BCUT2D eigenvalue weighted by Gasteiger charge is 2.02. The molecule has 0 aliphatic heterocycles. The number of benzene rings is 1. The summed E-state index contributed by atoms with van der Waals surface area (Å²) in [5, 5.41) is 0. The van der Waals surface area contributed by atoms with Crippen LogP contribution in [0.2, 0.25) is 0 Å². The average Bonchev–Trinajstić information content (AvgIpc) is 2.16. The van der Waals surface area contributed by atoms with E-state index in [0.29, 0.717) is 6.54 Å². The molecule has 1 aromatic carbocycles. The molecule has 0 unspecified atom stereocenters. The van der Waals surface area contributed by atoms with Crippen LogP contribution >= 0.6 is 0 Å². The zero-order valence-electron chi connectivity index (χ0n) is 8.94. The van der Waals surface area contributed by atoms with E-state index in [1.54, 1.807) is 0 Å². The van der Waals surface area contributed by atoms with Gasteiger partial charge in [0.15, 0.2) is 0 Å². The summed E-state index contributed by atoms with van der Waals surface area (Å²) in [5.41, 5.74) is 12.6. The van der Waals surface area contributed by atoms with E-state index in [2.05, 4.69) is 0 Å². The van der Waals surface area contributed by atoms with Crippen LogP contribution in [0.3, 0.4) is 0 Å². The third kappa shape index (κ3) is 4.46. The van der Waals surface area contributed by atoms with Crippen LogP contribution in [0.5, 0.6) is 0 Å². The summed E-state index contributed by atoms with van der Waals surface area (Å²) in [4.78, 5) is 12.5. The maximum absolute atomic E-state index is 10.6. The second kappa shape index (κ2) is 5.36. The Morgan fingerprint density at radius 3 is 2.47 bits per heavy atom. The minimum Gasteiger partial charge on any atom is -0.399 e. The molecule has 0 spiro atoms. The summed E-state index contributed by atoms with van der Waals surface area (Å²) in [5.74, 6) is -0.296. The topological polar surface area (TPSA) is 72.3 Å². The summed E-state index contributed by atoms with van der Waals surface area (Å²) >= 11 is 0. The molecule has 0 saturated heterocycles. The van der Waals surface area contributed by atoms with Crippen LogP contribution in [0.1, 0.15) is 5.56 Å². The van der Waals surface area contributed by atoms with Crippen LogP contribution in [-0.4, -0.2) is 30.9 Å². The first-order chi connectivity index (χ1) is 7.08. The van der Waals surface area contributed by atoms with Gasteiger partial charge in [-0.2, -0.15) is 0 Å². The molecule has 4 heteroatoms. The van der Waals surface area contributed by atoms with Crippen molar-refractivity contribution in [1.82, 2.24) is 4.90 Å². The zero-order valence-corrected chi connectivity index (χ0v) is 8.94. The van der Waals surface area contributed by atoms with Gasteiger partial charge in [0.05, 0.1) is 6.54 Å². The van der Waals surface area contributed by atoms with Gasteiger partial charge >= 0.3 is 0 Å². The number of primary amides is 1. The molecule has 1 amide bonds. The first-order valence-corrected chi connectivity index (χ1v) is 4.89. The molecule has 0 aliphatic carbocycles. The quantitative estimate of drug-likeness (QED) is 0.679. The van der Waals surface area contributed by atoms with E-state index in [9.17, 15) is 4.79 Å². The fourth-order valence-corrected chi connectivity index (χ4v) is 1.35. The van der Waals surface area contributed by atoms with Crippen LogP contribution in [0.15, 0.2) is 24.3 Å². The van der Waals surface area contributed by atoms with Crippen LogP contribution in [0, 0.1) is 0 Å². The molecule has 15 heavy (non-hydrogen) atoms. The Morgan fingerprint density at radius 1 is 1.33 bits per heavy atom. The molecule has 4 N–H and O–H groups in total. The second-order valence-electron chi connectivity index (χ2n) is 3.70. The van der Waals surface area contributed by atoms with E-state index >= 15 is 0 Å². The Kier molecular flexibility index (Phi) is 4.12. The summed E-state index contributed by atoms with van der Waals surface area (Å²) in [7, 11) is 1.88. The largest absolute Gasteiger partial charge is 0.399 e. The lowest BCUT2D eigenvalue weighted by Crippen LogP contribution is -2.32. The van der Waals surface area contributed by atoms with Crippen molar-refractivity contribution >= 4 is 11.6 Å². The predicted molar refractivity (Wildman–Crippen MR) is 61.2 cm³/mol. The molecule has 0 bridgehead atoms. The third-order valence-electron chi connectivity index (χ3n) is 2.19. The van der Waals surface area contributed by atoms with Crippen molar-refractivity contribution in [3.8, 4) is 0 Å². The lowest BCUT2D eigenvalue weighted by atomic mass is 10.1. The fourth-order valence-electron chi connectivity index (χ4n) is 1.35. The van der Waals surface area contributed by atoms with Gasteiger partial charge in [0.2, 0.25) is 5.91 Å². The van der Waals surface area contributed by atoms with Crippen molar-refractivity contribution in [1.29, 1.82) is 0 Å². The molecule has 0 fully saturated rings. The lowest BCUT2D eigenvalue weighted by molar-refractivity contribution is -0.118. The minimum atomic E-state index is -0.296. The van der Waals surface area contributed by atoms with Gasteiger partial charge in [0.25, 0.3) is 0 Å². The molecule has 0 radical (unpaired) electrons. The zero-order chi connectivity index (χ0) is 11.3. The number of carbonyl (C=O) groups excluding carboxylic acids is 1. The molecule has 0 atom stereocenters. The smallest absolute Gasteiger partial charge is 0.231 e. The molecule has 1 rings (SSSR count). The Labute approximate surface area is 89.9 Å². The number of carbonyl (C=O) groups is 1. The first kappa shape index (κ1) is 11.5. The van der Waals surface area contributed by atoms with Gasteiger partial charge in [0, 0.05) is 12.2 Å². The fraction of sp³-hybridized carbons (Fsp3) is 0.364. The van der Waals surface area contributed by atoms with Crippen LogP contribution in [0.25, 0.3) is 0 Å². The summed E-state index contributed by atoms with van der Waals surface area (Å²) in [6.45, 7) is 1.11. The van der Waals surface area contributed by atoms with E-state index in [1.807, 2.05) is 36.2 Å². The average molecular weight is 207 g/mol. The highest BCUT2D eigenvalue weighted by molar-refractivity contribution is 5.75. The number of nitrogens with zero attached hydrogens (tertiary/aromatic N) is 1. The number of nitrogen functional groups attached to an aromatic ring is 1. The summed E-state index contributed by atoms with van der Waals surface area (Å²) in [6, 6.07) is 7.74. The van der Waals surface area contributed by atoms with Gasteiger partial charge < -0.3 is 11.5 Å². The molecule has 82 valence electrons. The Morgan fingerprint density at radius 2 is 1.93 bits per heavy atom. The summed E-state index contributed by atoms with van der Waals surface area (Å²) in [6.07, 6.45) is 0.893. The number of hydrogen-bond donors (Lipinski definition) is 2. The molecule has 0 heterocycles. The number of nitrogens with two attached hydrogens (primary N) is 2. The van der Waals surface area contributed by atoms with Crippen molar-refractivity contribution in [3.63, 3.8) is 0 Å². The minimum absolute atomic E-state index is 0.296. The standard InChI is InChI=1S/C11H17N3O/c1-14(8-11(13)15)7-6-9-2-4-10(12)5-3-9/h2-5H,6-8,12H2,1H3,(H2,13,15). The number of anilines is 1. The van der Waals surface area contributed by atoms with E-state index in [1.165, 1.54) is 5.56 Å². The number of hydrogen-bond acceptors (Lipinski definition) is 3. The Hall–Kier alpha value is -1.55. The van der Waals surface area contributed by atoms with Gasteiger partial charge in [-0.25, -0.2) is 0 Å². The summed E-state index contributed by atoms with van der Waals surface area (Å²) < 4.78 is 0. The SMILES string of the molecule is CN(CCc1ccc(N)cc1)CC(N)=O. The lowest BCUT2D eigenvalue weighted by Gasteiger charge is -2.14. The number of likely N-dealkylation sites (N-methyl/N-ethyl adjacent to an activating group) is 1. The van der Waals surface area contributed by atoms with Crippen molar-refractivity contribution in [2.45, 2.75) is 6.42 Å². The molecule has 1 aromatic rings. The third-order valence-corrected chi connectivity index (χ3v) is 2.19. The number of amides is 1. The van der Waals surface area contributed by atoms with Crippen molar-refractivity contribution < 1.29 is 4.79 Å². The highest BCUT2D eigenvalue weighted by Crippen LogP contribution is 2.06. The van der Waals surface area contributed by atoms with Crippen LogP contribution in [0.4, 0.5) is 5.69 Å². The van der Waals surface area contributed by atoms with E-state index in [4.69, 9.17) is 11.5 Å².